The number of carbonyl (C=O) groups is 1. The number of aryl methyl sites for hydroxylation is 1. The van der Waals surface area contributed by atoms with Crippen molar-refractivity contribution in [2.45, 2.75) is 39.0 Å². The van der Waals surface area contributed by atoms with Crippen LogP contribution in [0.2, 0.25) is 0 Å². The average molecular weight is 341 g/mol. The monoisotopic (exact) mass is 341 g/mol. The van der Waals surface area contributed by atoms with E-state index in [1.165, 1.54) is 0 Å². The number of rotatable bonds is 3. The van der Waals surface area contributed by atoms with E-state index in [-0.39, 0.29) is 12.5 Å². The van der Waals surface area contributed by atoms with Crippen LogP contribution in [-0.2, 0) is 19.7 Å². The van der Waals surface area contributed by atoms with Crippen molar-refractivity contribution in [3.8, 4) is 0 Å². The summed E-state index contributed by atoms with van der Waals surface area (Å²) in [6.45, 7) is 3.90. The number of carbonyl (C=O) groups excluding carboxylic acids is 1. The fourth-order valence-electron chi connectivity index (χ4n) is 3.69. The first-order chi connectivity index (χ1) is 12.3. The van der Waals surface area contributed by atoms with Gasteiger partial charge in [0, 0.05) is 32.4 Å². The average Bonchev–Trinajstić information content (AvgIpc) is 3.27. The van der Waals surface area contributed by atoms with Crippen molar-refractivity contribution in [2.75, 3.05) is 24.5 Å². The van der Waals surface area contributed by atoms with Crippen molar-refractivity contribution >= 4 is 11.7 Å². The predicted octanol–water partition coefficient (Wildman–Crippen LogP) is 1.42. The lowest BCUT2D eigenvalue weighted by atomic mass is 10.2. The Bertz CT molecular complexity index is 767. The zero-order chi connectivity index (χ0) is 17.2. The van der Waals surface area contributed by atoms with Crippen LogP contribution in [0, 0.1) is 0 Å². The van der Waals surface area contributed by atoms with Crippen LogP contribution in [0.5, 0.6) is 0 Å². The number of aliphatic hydroxyl groups excluding tert-OH is 1. The van der Waals surface area contributed by atoms with Gasteiger partial charge in [-0.25, -0.2) is 4.98 Å². The highest BCUT2D eigenvalue weighted by Crippen LogP contribution is 2.25. The molecule has 1 saturated heterocycles. The number of anilines is 1. The van der Waals surface area contributed by atoms with Gasteiger partial charge in [-0.2, -0.15) is 5.10 Å². The fraction of sp³-hybridized carbons (Fsp3) is 0.500. The van der Waals surface area contributed by atoms with Gasteiger partial charge in [0.05, 0.1) is 30.1 Å². The van der Waals surface area contributed by atoms with Crippen molar-refractivity contribution in [1.29, 1.82) is 0 Å². The van der Waals surface area contributed by atoms with Gasteiger partial charge in [0.1, 0.15) is 5.82 Å². The van der Waals surface area contributed by atoms with Crippen molar-refractivity contribution in [3.63, 3.8) is 0 Å². The fourth-order valence-corrected chi connectivity index (χ4v) is 3.69. The van der Waals surface area contributed by atoms with Crippen LogP contribution in [-0.4, -0.2) is 50.3 Å². The third-order valence-electron chi connectivity index (χ3n) is 4.94. The molecule has 0 spiro atoms. The summed E-state index contributed by atoms with van der Waals surface area (Å²) in [7, 11) is 0. The molecule has 0 radical (unpaired) electrons. The molecular weight excluding hydrogens is 318 g/mol. The SMILES string of the molecule is O=C(c1cccnc1N1CCCn2nc(CO)cc2C1)N1CCCC1. The van der Waals surface area contributed by atoms with Gasteiger partial charge in [0.2, 0.25) is 0 Å². The molecule has 0 unspecified atom stereocenters. The Morgan fingerprint density at radius 3 is 2.80 bits per heavy atom. The van der Waals surface area contributed by atoms with Crippen molar-refractivity contribution < 1.29 is 9.90 Å². The second kappa shape index (κ2) is 6.84. The van der Waals surface area contributed by atoms with Crippen LogP contribution in [0.25, 0.3) is 0 Å². The molecule has 1 N–H and O–H groups in total. The lowest BCUT2D eigenvalue weighted by molar-refractivity contribution is 0.0793. The van der Waals surface area contributed by atoms with E-state index in [0.717, 1.165) is 57.0 Å². The summed E-state index contributed by atoms with van der Waals surface area (Å²) in [6, 6.07) is 5.65. The van der Waals surface area contributed by atoms with Gasteiger partial charge in [-0.3, -0.25) is 9.48 Å². The van der Waals surface area contributed by atoms with E-state index in [2.05, 4.69) is 15.0 Å². The quantitative estimate of drug-likeness (QED) is 0.914. The van der Waals surface area contributed by atoms with E-state index in [4.69, 9.17) is 0 Å². The minimum Gasteiger partial charge on any atom is -0.390 e. The third-order valence-corrected chi connectivity index (χ3v) is 4.94. The lowest BCUT2D eigenvalue weighted by Gasteiger charge is -2.25. The number of hydrogen-bond donors (Lipinski definition) is 1. The first kappa shape index (κ1) is 16.1. The molecule has 132 valence electrons. The molecule has 1 fully saturated rings. The van der Waals surface area contributed by atoms with E-state index < -0.39 is 0 Å². The van der Waals surface area contributed by atoms with Gasteiger partial charge in [-0.05, 0) is 37.5 Å². The molecule has 4 rings (SSSR count). The summed E-state index contributed by atoms with van der Waals surface area (Å²) in [5, 5.41) is 13.7. The number of hydrogen-bond acceptors (Lipinski definition) is 5. The lowest BCUT2D eigenvalue weighted by Crippen LogP contribution is -2.31. The van der Waals surface area contributed by atoms with Crippen LogP contribution < -0.4 is 4.90 Å². The summed E-state index contributed by atoms with van der Waals surface area (Å²) in [5.74, 6) is 0.828. The Hall–Kier alpha value is -2.41. The molecule has 0 atom stereocenters. The topological polar surface area (TPSA) is 74.5 Å². The van der Waals surface area contributed by atoms with Crippen molar-refractivity contribution in [2.24, 2.45) is 0 Å². The number of aromatic nitrogens is 3. The molecule has 7 heteroatoms. The number of amides is 1. The largest absolute Gasteiger partial charge is 0.390 e. The van der Waals surface area contributed by atoms with Crippen LogP contribution >= 0.6 is 0 Å². The van der Waals surface area contributed by atoms with Gasteiger partial charge in [-0.1, -0.05) is 0 Å². The molecule has 25 heavy (non-hydrogen) atoms. The Labute approximate surface area is 146 Å². The second-order valence-corrected chi connectivity index (χ2v) is 6.66. The first-order valence-electron chi connectivity index (χ1n) is 8.92. The number of pyridine rings is 1. The highest BCUT2D eigenvalue weighted by molar-refractivity contribution is 5.99. The van der Waals surface area contributed by atoms with Crippen LogP contribution in [0.15, 0.2) is 24.4 Å². The highest BCUT2D eigenvalue weighted by atomic mass is 16.3. The maximum absolute atomic E-state index is 12.9. The summed E-state index contributed by atoms with van der Waals surface area (Å²) in [5.41, 5.74) is 2.41. The van der Waals surface area contributed by atoms with Crippen LogP contribution in [0.4, 0.5) is 5.82 Å². The predicted molar refractivity (Wildman–Crippen MR) is 93.2 cm³/mol. The van der Waals surface area contributed by atoms with Crippen molar-refractivity contribution in [1.82, 2.24) is 19.7 Å². The molecule has 1 amide bonds. The number of aliphatic hydroxyl groups is 1. The van der Waals surface area contributed by atoms with Gasteiger partial charge in [-0.15, -0.1) is 0 Å². The summed E-state index contributed by atoms with van der Waals surface area (Å²) in [6.07, 6.45) is 4.83. The Balaban J connectivity index is 1.64. The molecule has 7 nitrogen and oxygen atoms in total. The Morgan fingerprint density at radius 2 is 2.00 bits per heavy atom. The third kappa shape index (κ3) is 3.11. The maximum Gasteiger partial charge on any atom is 0.257 e. The summed E-state index contributed by atoms with van der Waals surface area (Å²) in [4.78, 5) is 21.5. The first-order valence-corrected chi connectivity index (χ1v) is 8.92. The van der Waals surface area contributed by atoms with E-state index >= 15 is 0 Å². The smallest absolute Gasteiger partial charge is 0.257 e. The zero-order valence-electron chi connectivity index (χ0n) is 14.3. The van der Waals surface area contributed by atoms with Gasteiger partial charge >= 0.3 is 0 Å². The molecule has 2 aliphatic rings. The number of nitrogens with zero attached hydrogens (tertiary/aromatic N) is 5. The Morgan fingerprint density at radius 1 is 1.16 bits per heavy atom. The molecule has 4 heterocycles. The van der Waals surface area contributed by atoms with Crippen LogP contribution in [0.3, 0.4) is 0 Å². The van der Waals surface area contributed by atoms with Crippen molar-refractivity contribution in [3.05, 3.63) is 41.3 Å². The van der Waals surface area contributed by atoms with Crippen LogP contribution in [0.1, 0.15) is 41.0 Å². The minimum absolute atomic E-state index is 0.0533. The molecule has 2 aromatic rings. The van der Waals surface area contributed by atoms with E-state index in [1.807, 2.05) is 27.8 Å². The Kier molecular flexibility index (Phi) is 4.40. The molecule has 0 aliphatic carbocycles. The molecule has 2 aromatic heterocycles. The zero-order valence-corrected chi connectivity index (χ0v) is 14.3. The van der Waals surface area contributed by atoms with Gasteiger partial charge < -0.3 is 14.9 Å². The number of fused-ring (bicyclic) bond motifs is 1. The normalized spacial score (nSPS) is 17.5. The minimum atomic E-state index is -0.0533. The molecule has 2 aliphatic heterocycles. The number of likely N-dealkylation sites (tertiary alicyclic amines) is 1. The summed E-state index contributed by atoms with van der Waals surface area (Å²) < 4.78 is 1.95. The maximum atomic E-state index is 12.9. The molecule has 0 bridgehead atoms. The molecular formula is C18H23N5O2. The highest BCUT2D eigenvalue weighted by Gasteiger charge is 2.26. The van der Waals surface area contributed by atoms with E-state index in [1.54, 1.807) is 6.20 Å². The molecule has 0 saturated carbocycles. The van der Waals surface area contributed by atoms with E-state index in [0.29, 0.717) is 17.8 Å². The molecule has 0 aromatic carbocycles. The van der Waals surface area contributed by atoms with Gasteiger partial charge in [0.25, 0.3) is 5.91 Å². The summed E-state index contributed by atoms with van der Waals surface area (Å²) >= 11 is 0. The second-order valence-electron chi connectivity index (χ2n) is 6.66. The standard InChI is InChI=1S/C18H23N5O2/c24-13-14-11-15-12-22(9-4-10-23(15)20-14)17-16(5-3-6-19-17)18(25)21-7-1-2-8-21/h3,5-6,11,24H,1-2,4,7-10,12-13H2. The van der Waals surface area contributed by atoms with Gasteiger partial charge in [0.15, 0.2) is 0 Å². The van der Waals surface area contributed by atoms with E-state index in [9.17, 15) is 9.90 Å².